The fourth-order valence-corrected chi connectivity index (χ4v) is 6.51. The van der Waals surface area contributed by atoms with Crippen LogP contribution in [0.3, 0.4) is 0 Å². The van der Waals surface area contributed by atoms with Gasteiger partial charge in [0.15, 0.2) is 0 Å². The third kappa shape index (κ3) is 3.58. The highest BCUT2D eigenvalue weighted by atomic mass is 16.3. The largest absolute Gasteiger partial charge is 0.455 e. The van der Waals surface area contributed by atoms with Gasteiger partial charge in [-0.3, -0.25) is 4.98 Å². The maximum atomic E-state index is 9.68. The minimum Gasteiger partial charge on any atom is -0.455 e. The Hall–Kier alpha value is -6.25. The molecule has 0 spiro atoms. The van der Waals surface area contributed by atoms with E-state index in [1.165, 1.54) is 0 Å². The minimum absolute atomic E-state index is 0.635. The summed E-state index contributed by atoms with van der Waals surface area (Å²) in [5.74, 6) is 0.809. The van der Waals surface area contributed by atoms with E-state index in [4.69, 9.17) is 9.40 Å². The summed E-state index contributed by atoms with van der Waals surface area (Å²) < 4.78 is 8.87. The van der Waals surface area contributed by atoms with Crippen LogP contribution in [0.4, 0.5) is 0 Å². The van der Waals surface area contributed by atoms with Gasteiger partial charge in [-0.1, -0.05) is 54.6 Å². The van der Waals surface area contributed by atoms with E-state index < -0.39 is 0 Å². The van der Waals surface area contributed by atoms with Crippen LogP contribution in [0.5, 0.6) is 0 Å². The van der Waals surface area contributed by atoms with Gasteiger partial charge in [-0.05, 0) is 77.9 Å². The van der Waals surface area contributed by atoms with Crippen LogP contribution in [0.2, 0.25) is 0 Å². The first kappa shape index (κ1) is 24.4. The van der Waals surface area contributed by atoms with Gasteiger partial charge in [-0.15, -0.1) is 0 Å². The lowest BCUT2D eigenvalue weighted by molar-refractivity contribution is 0.622. The molecule has 0 N–H and O–H groups in total. The molecule has 2 aliphatic rings. The number of nitrogens with zero attached hydrogens (tertiary/aromatic N) is 4. The molecule has 0 saturated carbocycles. The molecule has 2 aromatic heterocycles. The van der Waals surface area contributed by atoms with Crippen molar-refractivity contribution in [2.24, 2.45) is 0 Å². The van der Waals surface area contributed by atoms with Crippen LogP contribution in [-0.4, -0.2) is 14.5 Å². The Kier molecular flexibility index (Phi) is 5.19. The number of benzene rings is 5. The summed E-state index contributed by atoms with van der Waals surface area (Å²) >= 11 is 0. The number of hydrogen-bond acceptors (Lipinski definition) is 4. The molecule has 0 amide bonds. The van der Waals surface area contributed by atoms with Gasteiger partial charge in [0, 0.05) is 45.2 Å². The molecule has 5 heteroatoms. The molecular weight excluding hydrogens is 540 g/mol. The lowest BCUT2D eigenvalue weighted by Crippen LogP contribution is -1.93. The second-order valence-electron chi connectivity index (χ2n) is 11.0. The minimum atomic E-state index is 0.635. The summed E-state index contributed by atoms with van der Waals surface area (Å²) in [5, 5.41) is 13.9. The van der Waals surface area contributed by atoms with Gasteiger partial charge in [0.05, 0.1) is 39.4 Å². The lowest BCUT2D eigenvalue weighted by Gasteiger charge is -2.12. The molecule has 4 heterocycles. The third-order valence-corrected chi connectivity index (χ3v) is 8.50. The fraction of sp³-hybridized carbons (Fsp3) is 0. The number of nitriles is 1. The van der Waals surface area contributed by atoms with Crippen LogP contribution in [0.1, 0.15) is 5.56 Å². The molecule has 5 aromatic carbocycles. The van der Waals surface area contributed by atoms with E-state index in [-0.39, 0.29) is 0 Å². The Morgan fingerprint density at radius 1 is 0.614 bits per heavy atom. The number of aromatic nitrogens is 3. The monoisotopic (exact) mass is 562 g/mol. The van der Waals surface area contributed by atoms with Crippen LogP contribution in [0.25, 0.3) is 83.1 Å². The van der Waals surface area contributed by atoms with Crippen LogP contribution in [-0.2, 0) is 0 Å². The first-order chi connectivity index (χ1) is 21.8. The standard InChI is InChI=1S/C39H22N4O/c40-23-24-12-14-34-31(20-24)32-22-26(13-15-35(32)43(34)28-16-18-41-19-17-28)25-6-5-7-27(21-25)39-37-29-8-1-3-10-33(29)42-38(37)30-9-2-4-11-36(30)44-39/h1-22H. The zero-order chi connectivity index (χ0) is 29.2. The van der Waals surface area contributed by atoms with E-state index in [1.807, 2.05) is 60.7 Å². The molecule has 0 atom stereocenters. The van der Waals surface area contributed by atoms with Crippen molar-refractivity contribution in [3.63, 3.8) is 0 Å². The van der Waals surface area contributed by atoms with Gasteiger partial charge < -0.3 is 8.98 Å². The zero-order valence-corrected chi connectivity index (χ0v) is 23.4. The van der Waals surface area contributed by atoms with Crippen LogP contribution >= 0.6 is 0 Å². The highest BCUT2D eigenvalue weighted by Gasteiger charge is 2.23. The Bertz CT molecular complexity index is 2570. The molecule has 0 fully saturated rings. The van der Waals surface area contributed by atoms with Crippen molar-refractivity contribution in [1.82, 2.24) is 14.5 Å². The number of para-hydroxylation sites is 2. The van der Waals surface area contributed by atoms with E-state index in [2.05, 4.69) is 76.3 Å². The summed E-state index contributed by atoms with van der Waals surface area (Å²) in [6.07, 6.45) is 3.60. The summed E-state index contributed by atoms with van der Waals surface area (Å²) in [5.41, 5.74) is 10.7. The Morgan fingerprint density at radius 2 is 1.34 bits per heavy atom. The van der Waals surface area contributed by atoms with E-state index in [0.717, 1.165) is 83.1 Å². The molecule has 9 rings (SSSR count). The van der Waals surface area contributed by atoms with Gasteiger partial charge in [0.25, 0.3) is 0 Å². The molecule has 5 nitrogen and oxygen atoms in total. The van der Waals surface area contributed by atoms with Crippen molar-refractivity contribution in [1.29, 1.82) is 5.26 Å². The Labute approximate surface area is 252 Å². The molecule has 7 aromatic rings. The number of fused-ring (bicyclic) bond motifs is 8. The molecule has 2 aliphatic heterocycles. The molecule has 0 aliphatic carbocycles. The first-order valence-corrected chi connectivity index (χ1v) is 14.5. The van der Waals surface area contributed by atoms with Crippen molar-refractivity contribution in [2.45, 2.75) is 0 Å². The molecule has 0 saturated heterocycles. The van der Waals surface area contributed by atoms with E-state index in [0.29, 0.717) is 5.56 Å². The van der Waals surface area contributed by atoms with Gasteiger partial charge in [-0.25, -0.2) is 4.98 Å². The third-order valence-electron chi connectivity index (χ3n) is 8.50. The molecule has 44 heavy (non-hydrogen) atoms. The van der Waals surface area contributed by atoms with Crippen molar-refractivity contribution in [2.75, 3.05) is 0 Å². The second-order valence-corrected chi connectivity index (χ2v) is 11.0. The average Bonchev–Trinajstić information content (AvgIpc) is 3.64. The highest BCUT2D eigenvalue weighted by Crippen LogP contribution is 2.44. The van der Waals surface area contributed by atoms with Gasteiger partial charge in [0.2, 0.25) is 0 Å². The first-order valence-electron chi connectivity index (χ1n) is 14.5. The van der Waals surface area contributed by atoms with Gasteiger partial charge >= 0.3 is 0 Å². The number of rotatable bonds is 3. The Morgan fingerprint density at radius 3 is 2.20 bits per heavy atom. The highest BCUT2D eigenvalue weighted by molar-refractivity contribution is 6.12. The normalized spacial score (nSPS) is 11.6. The summed E-state index contributed by atoms with van der Waals surface area (Å²) in [6.45, 7) is 0. The molecule has 204 valence electrons. The van der Waals surface area contributed by atoms with Crippen molar-refractivity contribution in [3.8, 4) is 45.5 Å². The fourth-order valence-electron chi connectivity index (χ4n) is 6.51. The summed E-state index contributed by atoms with van der Waals surface area (Å²) in [7, 11) is 0. The maximum Gasteiger partial charge on any atom is 0.144 e. The van der Waals surface area contributed by atoms with Crippen molar-refractivity contribution >= 4 is 43.7 Å². The van der Waals surface area contributed by atoms with Gasteiger partial charge in [0.1, 0.15) is 11.3 Å². The van der Waals surface area contributed by atoms with Crippen LogP contribution in [0.15, 0.2) is 138 Å². The average molecular weight is 563 g/mol. The summed E-state index contributed by atoms with van der Waals surface area (Å²) in [6, 6.07) is 43.6. The van der Waals surface area contributed by atoms with Crippen molar-refractivity contribution in [3.05, 3.63) is 139 Å². The van der Waals surface area contributed by atoms with Crippen LogP contribution < -0.4 is 0 Å². The second kappa shape index (κ2) is 9.38. The zero-order valence-electron chi connectivity index (χ0n) is 23.4. The number of hydrogen-bond donors (Lipinski definition) is 0. The van der Waals surface area contributed by atoms with Crippen molar-refractivity contribution < 1.29 is 4.42 Å². The van der Waals surface area contributed by atoms with Gasteiger partial charge in [-0.2, -0.15) is 5.26 Å². The smallest absolute Gasteiger partial charge is 0.144 e. The predicted molar refractivity (Wildman–Crippen MR) is 176 cm³/mol. The molecular formula is C39H22N4O. The van der Waals surface area contributed by atoms with Crippen LogP contribution in [0, 0.1) is 11.3 Å². The predicted octanol–water partition coefficient (Wildman–Crippen LogP) is 9.78. The van der Waals surface area contributed by atoms with E-state index in [1.54, 1.807) is 12.4 Å². The maximum absolute atomic E-state index is 9.68. The molecule has 0 bridgehead atoms. The topological polar surface area (TPSA) is 67.6 Å². The summed E-state index contributed by atoms with van der Waals surface area (Å²) in [4.78, 5) is 9.24. The molecule has 0 radical (unpaired) electrons. The van der Waals surface area contributed by atoms with E-state index in [9.17, 15) is 5.26 Å². The quantitative estimate of drug-likeness (QED) is 0.215. The van der Waals surface area contributed by atoms with E-state index >= 15 is 0 Å². The Balaban J connectivity index is 1.27. The molecule has 0 unspecified atom stereocenters. The number of pyridine rings is 1. The SMILES string of the molecule is N#Cc1ccc2c(c1)c1cc(-c3cccc(-c4oc5ccccc5c5nc6ccccc6c4-5)c3)ccc1n2-c1ccncc1. The lowest BCUT2D eigenvalue weighted by atomic mass is 9.96.